The minimum absolute atomic E-state index is 0.113. The lowest BCUT2D eigenvalue weighted by atomic mass is 10.0. The fraction of sp³-hybridized carbons (Fsp3) is 0.333. The number of ether oxygens (including phenoxy) is 1. The molecule has 0 amide bonds. The van der Waals surface area contributed by atoms with E-state index in [-0.39, 0.29) is 28.2 Å². The molecule has 1 saturated carbocycles. The van der Waals surface area contributed by atoms with Crippen molar-refractivity contribution in [2.45, 2.75) is 24.8 Å². The third kappa shape index (κ3) is 3.37. The van der Waals surface area contributed by atoms with E-state index < -0.39 is 29.9 Å². The summed E-state index contributed by atoms with van der Waals surface area (Å²) < 4.78 is 50.3. The van der Waals surface area contributed by atoms with E-state index in [1.54, 1.807) is 25.2 Å². The van der Waals surface area contributed by atoms with Crippen LogP contribution in [0, 0.1) is 11.7 Å². The van der Waals surface area contributed by atoms with Gasteiger partial charge in [-0.25, -0.2) is 18.2 Å². The molecule has 31 heavy (non-hydrogen) atoms. The molecule has 2 aromatic heterocycles. The zero-order valence-corrected chi connectivity index (χ0v) is 17.1. The van der Waals surface area contributed by atoms with Crippen LogP contribution >= 0.6 is 11.6 Å². The zero-order valence-electron chi connectivity index (χ0n) is 16.4. The van der Waals surface area contributed by atoms with Crippen LogP contribution in [0.2, 0.25) is 5.15 Å². The molecule has 0 unspecified atom stereocenters. The Morgan fingerprint density at radius 1 is 1.32 bits per heavy atom. The van der Waals surface area contributed by atoms with Gasteiger partial charge in [-0.3, -0.25) is 4.79 Å². The zero-order chi connectivity index (χ0) is 21.9. The molecule has 0 spiro atoms. The number of benzene rings is 1. The largest absolute Gasteiger partial charge is 0.480 e. The molecule has 1 aliphatic heterocycles. The number of nitrogens with zero attached hydrogens (tertiary/aromatic N) is 2. The van der Waals surface area contributed by atoms with Crippen molar-refractivity contribution in [1.82, 2.24) is 9.55 Å². The third-order valence-electron chi connectivity index (χ3n) is 5.74. The van der Waals surface area contributed by atoms with E-state index in [4.69, 9.17) is 16.3 Å². The molecule has 5 rings (SSSR count). The fourth-order valence-electron chi connectivity index (χ4n) is 3.96. The van der Waals surface area contributed by atoms with Crippen molar-refractivity contribution in [2.24, 2.45) is 13.0 Å². The molecule has 1 aromatic carbocycles. The van der Waals surface area contributed by atoms with Gasteiger partial charge in [0.2, 0.25) is 5.75 Å². The summed E-state index contributed by atoms with van der Waals surface area (Å²) >= 11 is 5.74. The number of aryl methyl sites for hydroxylation is 1. The summed E-state index contributed by atoms with van der Waals surface area (Å²) in [7, 11) is 1.55. The van der Waals surface area contributed by atoms with Crippen LogP contribution in [0.1, 0.15) is 12.8 Å². The highest BCUT2D eigenvalue weighted by Crippen LogP contribution is 2.45. The van der Waals surface area contributed by atoms with Crippen LogP contribution in [0.25, 0.3) is 10.9 Å². The lowest BCUT2D eigenvalue weighted by molar-refractivity contribution is -0.0579. The Morgan fingerprint density at radius 2 is 2.10 bits per heavy atom. The average Bonchev–Trinajstić information content (AvgIpc) is 3.57. The van der Waals surface area contributed by atoms with Crippen LogP contribution in [0.5, 0.6) is 5.75 Å². The van der Waals surface area contributed by atoms with Gasteiger partial charge in [-0.1, -0.05) is 11.6 Å². The predicted octanol–water partition coefficient (Wildman–Crippen LogP) is 4.69. The molecule has 10 heteroatoms. The number of nitrogens with one attached hydrogen (secondary N) is 2. The summed E-state index contributed by atoms with van der Waals surface area (Å²) in [5.41, 5.74) is 0.842. The average molecular weight is 451 g/mol. The molecule has 2 aliphatic rings. The van der Waals surface area contributed by atoms with E-state index in [9.17, 15) is 18.0 Å². The standard InChI is InChI=1S/C21H18ClF3N4O2/c1-29-14-5-4-11(27-13-6-7-26-19(22)15(13)23)8-12(14)16-17(20(29)30)31-9-21(24,25)18(28-16)10-2-3-10/h4-8,10,18,28H,2-3,9H2,1H3,(H,26,27)/t18-/m0/s1. The van der Waals surface area contributed by atoms with Crippen LogP contribution < -0.4 is 20.9 Å². The second-order valence-corrected chi connectivity index (χ2v) is 8.26. The number of fused-ring (bicyclic) bond motifs is 3. The van der Waals surface area contributed by atoms with E-state index in [1.807, 2.05) is 0 Å². The molecular formula is C21H18ClF3N4O2. The van der Waals surface area contributed by atoms with Crippen molar-refractivity contribution in [1.29, 1.82) is 0 Å². The number of aromatic nitrogens is 2. The topological polar surface area (TPSA) is 68.2 Å². The summed E-state index contributed by atoms with van der Waals surface area (Å²) in [5, 5.41) is 6.07. The molecule has 0 radical (unpaired) electrons. The van der Waals surface area contributed by atoms with Crippen LogP contribution in [0.15, 0.2) is 35.3 Å². The van der Waals surface area contributed by atoms with Crippen LogP contribution in [0.3, 0.4) is 0 Å². The Balaban J connectivity index is 1.65. The molecule has 1 atom stereocenters. The summed E-state index contributed by atoms with van der Waals surface area (Å²) in [4.78, 5) is 16.5. The van der Waals surface area contributed by atoms with Crippen molar-refractivity contribution in [3.8, 4) is 5.75 Å². The van der Waals surface area contributed by atoms with E-state index in [1.165, 1.54) is 16.8 Å². The smallest absolute Gasteiger partial charge is 0.301 e. The predicted molar refractivity (Wildman–Crippen MR) is 112 cm³/mol. The maximum atomic E-state index is 14.7. The molecule has 162 valence electrons. The minimum atomic E-state index is -3.12. The van der Waals surface area contributed by atoms with Crippen LogP contribution in [0.4, 0.5) is 30.2 Å². The van der Waals surface area contributed by atoms with E-state index in [2.05, 4.69) is 15.6 Å². The van der Waals surface area contributed by atoms with Crippen molar-refractivity contribution in [3.63, 3.8) is 0 Å². The highest BCUT2D eigenvalue weighted by atomic mass is 35.5. The lowest BCUT2D eigenvalue weighted by Gasteiger charge is -2.25. The Labute approximate surface area is 180 Å². The van der Waals surface area contributed by atoms with Gasteiger partial charge in [-0.15, -0.1) is 0 Å². The first-order valence-electron chi connectivity index (χ1n) is 9.77. The Kier molecular flexibility index (Phi) is 4.55. The number of hydrogen-bond donors (Lipinski definition) is 2. The molecule has 2 N–H and O–H groups in total. The number of pyridine rings is 2. The van der Waals surface area contributed by atoms with Gasteiger partial charge in [0.25, 0.3) is 5.56 Å². The molecule has 0 saturated heterocycles. The summed E-state index contributed by atoms with van der Waals surface area (Å²) in [6, 6.07) is 5.28. The van der Waals surface area contributed by atoms with Crippen molar-refractivity contribution in [3.05, 3.63) is 51.8 Å². The van der Waals surface area contributed by atoms with E-state index >= 15 is 0 Å². The molecule has 1 fully saturated rings. The third-order valence-corrected chi connectivity index (χ3v) is 6.00. The van der Waals surface area contributed by atoms with Crippen molar-refractivity contribution in [2.75, 3.05) is 17.2 Å². The Morgan fingerprint density at radius 3 is 2.84 bits per heavy atom. The first-order chi connectivity index (χ1) is 14.8. The second-order valence-electron chi connectivity index (χ2n) is 7.90. The maximum Gasteiger partial charge on any atom is 0.301 e. The highest BCUT2D eigenvalue weighted by Gasteiger charge is 2.51. The maximum absolute atomic E-state index is 14.7. The van der Waals surface area contributed by atoms with Gasteiger partial charge in [0.05, 0.1) is 22.9 Å². The SMILES string of the molecule is Cn1c(=O)c2c(c3cc(Nc4ccnc(Cl)c4F)ccc31)N[C@@H](C1CC1)C(F)(F)CO2. The number of anilines is 3. The van der Waals surface area contributed by atoms with Gasteiger partial charge in [0, 0.05) is 24.3 Å². The number of alkyl halides is 2. The molecule has 3 aromatic rings. The van der Waals surface area contributed by atoms with Crippen LogP contribution in [-0.4, -0.2) is 28.1 Å². The molecule has 3 heterocycles. The molecule has 0 bridgehead atoms. The summed E-state index contributed by atoms with van der Waals surface area (Å²) in [6.45, 7) is -0.867. The van der Waals surface area contributed by atoms with E-state index in [0.29, 0.717) is 29.4 Å². The number of halogens is 4. The summed E-state index contributed by atoms with van der Waals surface area (Å²) in [6.07, 6.45) is 2.75. The van der Waals surface area contributed by atoms with E-state index in [0.717, 1.165) is 0 Å². The van der Waals surface area contributed by atoms with Crippen molar-refractivity contribution >= 4 is 39.6 Å². The molecular weight excluding hydrogens is 433 g/mol. The fourth-order valence-corrected chi connectivity index (χ4v) is 4.11. The van der Waals surface area contributed by atoms with Gasteiger partial charge in [0.15, 0.2) is 17.6 Å². The Bertz CT molecular complexity index is 1260. The molecule has 6 nitrogen and oxygen atoms in total. The molecule has 1 aliphatic carbocycles. The van der Waals surface area contributed by atoms with Gasteiger partial charge >= 0.3 is 5.92 Å². The van der Waals surface area contributed by atoms with Gasteiger partial charge in [-0.05, 0) is 43.0 Å². The lowest BCUT2D eigenvalue weighted by Crippen LogP contribution is -2.44. The quantitative estimate of drug-likeness (QED) is 0.567. The van der Waals surface area contributed by atoms with Gasteiger partial charge in [-0.2, -0.15) is 0 Å². The second kappa shape index (κ2) is 7.05. The van der Waals surface area contributed by atoms with Gasteiger partial charge < -0.3 is 19.9 Å². The number of hydrogen-bond acceptors (Lipinski definition) is 5. The summed E-state index contributed by atoms with van der Waals surface area (Å²) in [5.74, 6) is -4.16. The van der Waals surface area contributed by atoms with Gasteiger partial charge in [0.1, 0.15) is 0 Å². The first-order valence-corrected chi connectivity index (χ1v) is 10.1. The monoisotopic (exact) mass is 450 g/mol. The normalized spacial score (nSPS) is 19.8. The Hall–Kier alpha value is -2.94. The minimum Gasteiger partial charge on any atom is -0.480 e. The number of rotatable bonds is 3. The van der Waals surface area contributed by atoms with Crippen molar-refractivity contribution < 1.29 is 17.9 Å². The first kappa shape index (κ1) is 20.0. The highest BCUT2D eigenvalue weighted by molar-refractivity contribution is 6.29. The van der Waals surface area contributed by atoms with Crippen LogP contribution in [-0.2, 0) is 7.05 Å².